The fraction of sp³-hybridized carbons (Fsp3) is 0.256. The molecule has 1 heterocycles. The Balaban J connectivity index is 1.65. The van der Waals surface area contributed by atoms with Crippen LogP contribution in [0.3, 0.4) is 0 Å². The Morgan fingerprint density at radius 1 is 1.04 bits per heavy atom. The summed E-state index contributed by atoms with van der Waals surface area (Å²) >= 11 is 0. The number of phenolic OH excluding ortho intramolecular Hbond substituents is 1. The smallest absolute Gasteiger partial charge is 0.232 e. The topological polar surface area (TPSA) is 61.8 Å². The second-order valence-electron chi connectivity index (χ2n) is 12.1. The lowest BCUT2D eigenvalue weighted by Crippen LogP contribution is -2.37. The number of carbonyl (C=O) groups is 1. The maximum absolute atomic E-state index is 16.3. The number of rotatable bonds is 10. The molecule has 4 aromatic rings. The maximum Gasteiger partial charge on any atom is 0.232 e. The molecule has 0 aliphatic carbocycles. The maximum atomic E-state index is 16.3. The lowest BCUT2D eigenvalue weighted by molar-refractivity contribution is -0.118. The standard InChI is InChI=1S/C39H41FN2O3/c1-6-39(5,7-2)24-33-27(4)38(31-21-20-30(23-32(31)40)45-25-28-15-9-8-10-16-28)42(34-18-13-19-35(43)37(34)41-33)36(44)22-29-17-12-11-14-26(29)3/h6,8-21,23,38,41,43H,1,7,22,24-25H2,2-5H3. The molecule has 1 amide bonds. The van der Waals surface area contributed by atoms with Gasteiger partial charge in [-0.05, 0) is 78.6 Å². The van der Waals surface area contributed by atoms with Crippen molar-refractivity contribution in [3.63, 3.8) is 0 Å². The summed E-state index contributed by atoms with van der Waals surface area (Å²) in [5.74, 6) is -0.290. The van der Waals surface area contributed by atoms with Crippen LogP contribution in [0.1, 0.15) is 61.9 Å². The molecule has 232 valence electrons. The zero-order valence-corrected chi connectivity index (χ0v) is 26.4. The van der Waals surface area contributed by atoms with Crippen molar-refractivity contribution >= 4 is 17.3 Å². The first-order valence-electron chi connectivity index (χ1n) is 15.4. The predicted octanol–water partition coefficient (Wildman–Crippen LogP) is 9.43. The van der Waals surface area contributed by atoms with Gasteiger partial charge in [-0.2, -0.15) is 0 Å². The number of nitrogens with zero attached hydrogens (tertiary/aromatic N) is 1. The summed E-state index contributed by atoms with van der Waals surface area (Å²) in [5, 5.41) is 14.6. The van der Waals surface area contributed by atoms with E-state index in [0.29, 0.717) is 35.7 Å². The molecule has 0 fully saturated rings. The van der Waals surface area contributed by atoms with Crippen molar-refractivity contribution in [1.29, 1.82) is 0 Å². The summed E-state index contributed by atoms with van der Waals surface area (Å²) < 4.78 is 22.3. The van der Waals surface area contributed by atoms with E-state index < -0.39 is 11.9 Å². The summed E-state index contributed by atoms with van der Waals surface area (Å²) in [6.07, 6.45) is 3.43. The number of phenols is 1. The van der Waals surface area contributed by atoms with Crippen LogP contribution in [0.4, 0.5) is 15.8 Å². The van der Waals surface area contributed by atoms with Gasteiger partial charge in [-0.1, -0.05) is 80.6 Å². The number of para-hydroxylation sites is 1. The Kier molecular flexibility index (Phi) is 9.43. The lowest BCUT2D eigenvalue weighted by Gasteiger charge is -2.33. The average molecular weight is 605 g/mol. The Labute approximate surface area is 265 Å². The highest BCUT2D eigenvalue weighted by Crippen LogP contribution is 2.48. The number of hydrogen-bond donors (Lipinski definition) is 2. The van der Waals surface area contributed by atoms with Gasteiger partial charge in [0, 0.05) is 17.3 Å². The van der Waals surface area contributed by atoms with Crippen LogP contribution >= 0.6 is 0 Å². The number of fused-ring (bicyclic) bond motifs is 1. The molecule has 4 aromatic carbocycles. The van der Waals surface area contributed by atoms with E-state index in [4.69, 9.17) is 4.74 Å². The largest absolute Gasteiger partial charge is 0.506 e. The summed E-state index contributed by atoms with van der Waals surface area (Å²) in [6.45, 7) is 12.5. The van der Waals surface area contributed by atoms with Gasteiger partial charge in [0.05, 0.1) is 18.2 Å². The van der Waals surface area contributed by atoms with Gasteiger partial charge in [0.25, 0.3) is 0 Å². The number of hydrogen-bond acceptors (Lipinski definition) is 4. The van der Waals surface area contributed by atoms with Crippen LogP contribution in [0.2, 0.25) is 0 Å². The minimum atomic E-state index is -0.791. The number of halogens is 1. The normalized spacial score (nSPS) is 15.8. The van der Waals surface area contributed by atoms with Gasteiger partial charge in [0.2, 0.25) is 5.91 Å². The molecular weight excluding hydrogens is 563 g/mol. The number of allylic oxidation sites excluding steroid dienone is 2. The molecule has 2 N–H and O–H groups in total. The molecule has 6 heteroatoms. The molecule has 2 atom stereocenters. The number of amides is 1. The van der Waals surface area contributed by atoms with Gasteiger partial charge < -0.3 is 15.2 Å². The van der Waals surface area contributed by atoms with E-state index >= 15 is 4.39 Å². The number of benzene rings is 4. The highest BCUT2D eigenvalue weighted by Gasteiger charge is 2.37. The number of anilines is 2. The second-order valence-corrected chi connectivity index (χ2v) is 12.1. The summed E-state index contributed by atoms with van der Waals surface area (Å²) in [6, 6.07) is 26.6. The van der Waals surface area contributed by atoms with Crippen LogP contribution in [0, 0.1) is 18.2 Å². The Bertz CT molecular complexity index is 1730. The number of aryl methyl sites for hydroxylation is 1. The summed E-state index contributed by atoms with van der Waals surface area (Å²) in [4.78, 5) is 16.1. The third-order valence-corrected chi connectivity index (χ3v) is 8.97. The van der Waals surface area contributed by atoms with Gasteiger partial charge in [0.1, 0.15) is 29.6 Å². The van der Waals surface area contributed by atoms with Crippen LogP contribution in [0.15, 0.2) is 115 Å². The fourth-order valence-corrected chi connectivity index (χ4v) is 5.80. The molecule has 0 saturated heterocycles. The predicted molar refractivity (Wildman–Crippen MR) is 180 cm³/mol. The van der Waals surface area contributed by atoms with Crippen molar-refractivity contribution in [2.45, 2.75) is 59.6 Å². The molecule has 1 aliphatic rings. The Hall–Kier alpha value is -4.84. The van der Waals surface area contributed by atoms with E-state index in [1.165, 1.54) is 6.07 Å². The van der Waals surface area contributed by atoms with E-state index in [2.05, 4.69) is 25.7 Å². The van der Waals surface area contributed by atoms with E-state index in [0.717, 1.165) is 34.4 Å². The summed E-state index contributed by atoms with van der Waals surface area (Å²) in [5.41, 5.74) is 5.41. The fourth-order valence-electron chi connectivity index (χ4n) is 5.80. The lowest BCUT2D eigenvalue weighted by atomic mass is 9.81. The molecule has 2 unspecified atom stereocenters. The van der Waals surface area contributed by atoms with Crippen molar-refractivity contribution in [3.8, 4) is 11.5 Å². The van der Waals surface area contributed by atoms with Crippen molar-refractivity contribution in [1.82, 2.24) is 0 Å². The van der Waals surface area contributed by atoms with E-state index in [9.17, 15) is 9.90 Å². The van der Waals surface area contributed by atoms with Gasteiger partial charge in [-0.25, -0.2) is 4.39 Å². The number of nitrogens with one attached hydrogen (secondary N) is 1. The van der Waals surface area contributed by atoms with E-state index in [-0.39, 0.29) is 23.5 Å². The third-order valence-electron chi connectivity index (χ3n) is 8.97. The zero-order valence-electron chi connectivity index (χ0n) is 26.4. The second kappa shape index (κ2) is 13.4. The molecule has 1 aliphatic heterocycles. The van der Waals surface area contributed by atoms with Crippen molar-refractivity contribution in [2.75, 3.05) is 10.2 Å². The molecule has 0 aromatic heterocycles. The molecule has 0 bridgehead atoms. The molecular formula is C39H41FN2O3. The third kappa shape index (κ3) is 6.80. The van der Waals surface area contributed by atoms with Gasteiger partial charge in [-0.15, -0.1) is 6.58 Å². The van der Waals surface area contributed by atoms with Crippen LogP contribution in [-0.4, -0.2) is 11.0 Å². The minimum absolute atomic E-state index is 0.00841. The number of aromatic hydroxyl groups is 1. The molecule has 45 heavy (non-hydrogen) atoms. The van der Waals surface area contributed by atoms with Crippen LogP contribution in [0.25, 0.3) is 0 Å². The van der Waals surface area contributed by atoms with Crippen LogP contribution < -0.4 is 15.0 Å². The number of carbonyl (C=O) groups excluding carboxylic acids is 1. The van der Waals surface area contributed by atoms with Crippen molar-refractivity contribution in [2.24, 2.45) is 5.41 Å². The van der Waals surface area contributed by atoms with Crippen molar-refractivity contribution in [3.05, 3.63) is 143 Å². The van der Waals surface area contributed by atoms with Gasteiger partial charge in [0.15, 0.2) is 0 Å². The summed E-state index contributed by atoms with van der Waals surface area (Å²) in [7, 11) is 0. The molecule has 5 nitrogen and oxygen atoms in total. The first-order valence-corrected chi connectivity index (χ1v) is 15.4. The zero-order chi connectivity index (χ0) is 32.1. The first kappa shape index (κ1) is 31.6. The molecule has 0 radical (unpaired) electrons. The van der Waals surface area contributed by atoms with Gasteiger partial charge >= 0.3 is 0 Å². The van der Waals surface area contributed by atoms with Crippen LogP contribution in [0.5, 0.6) is 11.5 Å². The molecule has 5 rings (SSSR count). The Morgan fingerprint density at radius 2 is 1.78 bits per heavy atom. The minimum Gasteiger partial charge on any atom is -0.506 e. The monoisotopic (exact) mass is 604 g/mol. The first-order chi connectivity index (χ1) is 21.6. The molecule has 0 spiro atoms. The van der Waals surface area contributed by atoms with E-state index in [1.54, 1.807) is 35.2 Å². The SMILES string of the molecule is C=CC(C)(CC)CC1=C(C)C(c2ccc(OCc3ccccc3)cc2F)N(C(=O)Cc2ccccc2C)c2cccc(O)c2N1. The van der Waals surface area contributed by atoms with E-state index in [1.807, 2.05) is 74.5 Å². The van der Waals surface area contributed by atoms with Crippen LogP contribution in [-0.2, 0) is 17.8 Å². The molecule has 0 saturated carbocycles. The highest BCUT2D eigenvalue weighted by molar-refractivity contribution is 6.01. The average Bonchev–Trinajstić information content (AvgIpc) is 3.16. The highest BCUT2D eigenvalue weighted by atomic mass is 19.1. The van der Waals surface area contributed by atoms with Gasteiger partial charge in [-0.3, -0.25) is 9.69 Å². The quantitative estimate of drug-likeness (QED) is 0.140. The van der Waals surface area contributed by atoms with Crippen molar-refractivity contribution < 1.29 is 19.0 Å². The number of ether oxygens (including phenoxy) is 1. The Morgan fingerprint density at radius 3 is 2.47 bits per heavy atom.